The quantitative estimate of drug-likeness (QED) is 0.531. The molecule has 12 heavy (non-hydrogen) atoms. The Morgan fingerprint density at radius 1 is 0.750 bits per heavy atom. The van der Waals surface area contributed by atoms with Crippen molar-refractivity contribution in [3.8, 4) is 0 Å². The van der Waals surface area contributed by atoms with E-state index in [0.717, 1.165) is 0 Å². The first kappa shape index (κ1) is 17.3. The van der Waals surface area contributed by atoms with Gasteiger partial charge in [0.1, 0.15) is 0 Å². The third-order valence-corrected chi connectivity index (χ3v) is 1.43. The second-order valence-electron chi connectivity index (χ2n) is 2.08. The molecule has 0 N–H and O–H groups in total. The average molecular weight is 168 g/mol. The SMILES string of the molecule is C.C.CC.Cc1ccccc1C. The Morgan fingerprint density at radius 3 is 1.17 bits per heavy atom. The van der Waals surface area contributed by atoms with E-state index in [0.29, 0.717) is 0 Å². The highest BCUT2D eigenvalue weighted by Gasteiger charge is 1.83. The molecule has 1 rings (SSSR count). The van der Waals surface area contributed by atoms with Crippen molar-refractivity contribution in [2.24, 2.45) is 0 Å². The molecule has 0 fully saturated rings. The fraction of sp³-hybridized carbons (Fsp3) is 0.500. The second kappa shape index (κ2) is 10.2. The molecule has 0 spiro atoms. The molecule has 0 aliphatic heterocycles. The van der Waals surface area contributed by atoms with Gasteiger partial charge in [0.25, 0.3) is 0 Å². The Balaban J connectivity index is -0.000000189. The molecule has 0 saturated carbocycles. The minimum Gasteiger partial charge on any atom is -0.0776 e. The Kier molecular flexibility index (Phi) is 14.8. The molecule has 0 saturated heterocycles. The van der Waals surface area contributed by atoms with Gasteiger partial charge in [-0.3, -0.25) is 0 Å². The van der Waals surface area contributed by atoms with Crippen LogP contribution in [0.3, 0.4) is 0 Å². The molecular weight excluding hydrogens is 144 g/mol. The summed E-state index contributed by atoms with van der Waals surface area (Å²) in [5.41, 5.74) is 2.74. The zero-order chi connectivity index (χ0) is 7.98. The molecule has 0 aliphatic carbocycles. The molecule has 0 unspecified atom stereocenters. The maximum atomic E-state index is 2.12. The summed E-state index contributed by atoms with van der Waals surface area (Å²) in [6, 6.07) is 8.36. The average Bonchev–Trinajstić information content (AvgIpc) is 2.00. The van der Waals surface area contributed by atoms with Crippen molar-refractivity contribution in [1.29, 1.82) is 0 Å². The molecule has 0 heteroatoms. The largest absolute Gasteiger partial charge is 0.0776 e. The van der Waals surface area contributed by atoms with Crippen molar-refractivity contribution < 1.29 is 0 Å². The van der Waals surface area contributed by atoms with Gasteiger partial charge in [0.15, 0.2) is 0 Å². The van der Waals surface area contributed by atoms with Gasteiger partial charge in [-0.1, -0.05) is 53.0 Å². The summed E-state index contributed by atoms with van der Waals surface area (Å²) in [4.78, 5) is 0. The zero-order valence-corrected chi connectivity index (χ0v) is 7.31. The van der Waals surface area contributed by atoms with E-state index >= 15 is 0 Å². The van der Waals surface area contributed by atoms with Crippen molar-refractivity contribution in [2.45, 2.75) is 42.5 Å². The Hall–Kier alpha value is -0.780. The van der Waals surface area contributed by atoms with Crippen LogP contribution in [0.25, 0.3) is 0 Å². The highest BCUT2D eigenvalue weighted by Crippen LogP contribution is 2.02. The van der Waals surface area contributed by atoms with Gasteiger partial charge in [-0.15, -0.1) is 0 Å². The molecule has 0 bridgehead atoms. The molecule has 0 aromatic heterocycles. The van der Waals surface area contributed by atoms with Crippen LogP contribution in [0.2, 0.25) is 0 Å². The highest BCUT2D eigenvalue weighted by molar-refractivity contribution is 5.23. The molecule has 0 atom stereocenters. The molecule has 0 radical (unpaired) electrons. The van der Waals surface area contributed by atoms with E-state index in [2.05, 4.69) is 38.1 Å². The van der Waals surface area contributed by atoms with E-state index in [1.165, 1.54) is 11.1 Å². The van der Waals surface area contributed by atoms with Crippen molar-refractivity contribution in [2.75, 3.05) is 0 Å². The van der Waals surface area contributed by atoms with E-state index in [-0.39, 0.29) is 14.9 Å². The van der Waals surface area contributed by atoms with Gasteiger partial charge >= 0.3 is 0 Å². The topological polar surface area (TPSA) is 0 Å². The van der Waals surface area contributed by atoms with Gasteiger partial charge < -0.3 is 0 Å². The number of hydrogen-bond acceptors (Lipinski definition) is 0. The fourth-order valence-corrected chi connectivity index (χ4v) is 0.663. The fourth-order valence-electron chi connectivity index (χ4n) is 0.663. The Labute approximate surface area is 78.6 Å². The Bertz CT molecular complexity index is 156. The summed E-state index contributed by atoms with van der Waals surface area (Å²) >= 11 is 0. The van der Waals surface area contributed by atoms with E-state index in [1.807, 2.05) is 13.8 Å². The Morgan fingerprint density at radius 2 is 1.00 bits per heavy atom. The van der Waals surface area contributed by atoms with Crippen LogP contribution in [-0.4, -0.2) is 0 Å². The molecule has 72 valence electrons. The van der Waals surface area contributed by atoms with Crippen molar-refractivity contribution >= 4 is 0 Å². The molecule has 0 nitrogen and oxygen atoms in total. The maximum Gasteiger partial charge on any atom is -0.0395 e. The minimum atomic E-state index is 0. The summed E-state index contributed by atoms with van der Waals surface area (Å²) < 4.78 is 0. The lowest BCUT2D eigenvalue weighted by atomic mass is 10.1. The molecule has 0 amide bonds. The van der Waals surface area contributed by atoms with Crippen LogP contribution in [0.4, 0.5) is 0 Å². The van der Waals surface area contributed by atoms with E-state index in [9.17, 15) is 0 Å². The second-order valence-corrected chi connectivity index (χ2v) is 2.08. The standard InChI is InChI=1S/C8H10.C2H6.2CH4/c1-7-5-3-4-6-8(7)2;1-2;;/h3-6H,1-2H3;1-2H3;2*1H4. The predicted octanol–water partition coefficient (Wildman–Crippen LogP) is 4.60. The number of rotatable bonds is 0. The van der Waals surface area contributed by atoms with E-state index < -0.39 is 0 Å². The van der Waals surface area contributed by atoms with Crippen molar-refractivity contribution in [3.63, 3.8) is 0 Å². The monoisotopic (exact) mass is 168 g/mol. The van der Waals surface area contributed by atoms with Gasteiger partial charge in [-0.25, -0.2) is 0 Å². The minimum absolute atomic E-state index is 0. The van der Waals surface area contributed by atoms with Crippen LogP contribution < -0.4 is 0 Å². The predicted molar refractivity (Wildman–Crippen MR) is 60.7 cm³/mol. The molecular formula is C12H24. The molecule has 1 aromatic rings. The third kappa shape index (κ3) is 5.96. The number of hydrogen-bond donors (Lipinski definition) is 0. The molecule has 0 aliphatic rings. The third-order valence-electron chi connectivity index (χ3n) is 1.43. The summed E-state index contributed by atoms with van der Waals surface area (Å²) in [7, 11) is 0. The number of benzene rings is 1. The van der Waals surface area contributed by atoms with Gasteiger partial charge in [-0.2, -0.15) is 0 Å². The highest BCUT2D eigenvalue weighted by atomic mass is 13.9. The van der Waals surface area contributed by atoms with Gasteiger partial charge in [0.2, 0.25) is 0 Å². The summed E-state index contributed by atoms with van der Waals surface area (Å²) in [6.07, 6.45) is 0. The smallest absolute Gasteiger partial charge is 0.0395 e. The van der Waals surface area contributed by atoms with Gasteiger partial charge in [-0.05, 0) is 25.0 Å². The van der Waals surface area contributed by atoms with Crippen molar-refractivity contribution in [3.05, 3.63) is 35.4 Å². The first-order valence-corrected chi connectivity index (χ1v) is 3.83. The lowest BCUT2D eigenvalue weighted by Crippen LogP contribution is -1.74. The molecule has 0 heterocycles. The van der Waals surface area contributed by atoms with Crippen LogP contribution >= 0.6 is 0 Å². The van der Waals surface area contributed by atoms with E-state index in [1.54, 1.807) is 0 Å². The van der Waals surface area contributed by atoms with Crippen molar-refractivity contribution in [1.82, 2.24) is 0 Å². The van der Waals surface area contributed by atoms with Crippen LogP contribution in [0.15, 0.2) is 24.3 Å². The first-order valence-electron chi connectivity index (χ1n) is 3.83. The summed E-state index contributed by atoms with van der Waals surface area (Å²) in [6.45, 7) is 8.24. The van der Waals surface area contributed by atoms with Crippen LogP contribution in [-0.2, 0) is 0 Å². The summed E-state index contributed by atoms with van der Waals surface area (Å²) in [5.74, 6) is 0. The first-order chi connectivity index (χ1) is 4.80. The van der Waals surface area contributed by atoms with Gasteiger partial charge in [0.05, 0.1) is 0 Å². The lowest BCUT2D eigenvalue weighted by Gasteiger charge is -1.93. The van der Waals surface area contributed by atoms with Gasteiger partial charge in [0, 0.05) is 0 Å². The molecule has 1 aromatic carbocycles. The maximum absolute atomic E-state index is 2.12. The van der Waals surface area contributed by atoms with E-state index in [4.69, 9.17) is 0 Å². The van der Waals surface area contributed by atoms with Crippen LogP contribution in [0.1, 0.15) is 39.8 Å². The zero-order valence-electron chi connectivity index (χ0n) is 7.31. The normalized spacial score (nSPS) is 6.67. The number of aryl methyl sites for hydroxylation is 2. The lowest BCUT2D eigenvalue weighted by molar-refractivity contribution is 1.34. The van der Waals surface area contributed by atoms with Crippen LogP contribution in [0, 0.1) is 13.8 Å². The summed E-state index contributed by atoms with van der Waals surface area (Å²) in [5, 5.41) is 0. The van der Waals surface area contributed by atoms with Crippen LogP contribution in [0.5, 0.6) is 0 Å².